The quantitative estimate of drug-likeness (QED) is 0.778. The molecule has 90 valence electrons. The first-order valence-corrected chi connectivity index (χ1v) is 5.75. The highest BCUT2D eigenvalue weighted by atomic mass is 15.3. The van der Waals surface area contributed by atoms with Gasteiger partial charge in [0, 0.05) is 32.4 Å². The summed E-state index contributed by atoms with van der Waals surface area (Å²) in [5, 5.41) is 9.11. The third-order valence-electron chi connectivity index (χ3n) is 3.19. The van der Waals surface area contributed by atoms with E-state index in [1.54, 1.807) is 18.5 Å². The first-order valence-electron chi connectivity index (χ1n) is 5.75. The summed E-state index contributed by atoms with van der Waals surface area (Å²) in [4.78, 5) is 8.57. The fraction of sp³-hybridized carbons (Fsp3) is 0.500. The molecule has 2 N–H and O–H groups in total. The molecule has 0 saturated carbocycles. The fourth-order valence-electron chi connectivity index (χ4n) is 2.24. The van der Waals surface area contributed by atoms with Gasteiger partial charge in [-0.2, -0.15) is 5.26 Å². The van der Waals surface area contributed by atoms with Crippen molar-refractivity contribution in [2.75, 3.05) is 38.1 Å². The molecule has 1 aliphatic rings. The third kappa shape index (κ3) is 2.38. The highest BCUT2D eigenvalue weighted by Crippen LogP contribution is 2.22. The molecule has 0 aliphatic carbocycles. The van der Waals surface area contributed by atoms with E-state index in [-0.39, 0.29) is 6.04 Å². The lowest BCUT2D eigenvalue weighted by molar-refractivity contribution is 0.269. The smallest absolute Gasteiger partial charge is 0.101 e. The van der Waals surface area contributed by atoms with Crippen LogP contribution < -0.4 is 10.6 Å². The summed E-state index contributed by atoms with van der Waals surface area (Å²) in [6.45, 7) is 3.38. The van der Waals surface area contributed by atoms with Crippen LogP contribution in [-0.2, 0) is 0 Å². The Balaban J connectivity index is 2.29. The van der Waals surface area contributed by atoms with E-state index in [9.17, 15) is 0 Å². The summed E-state index contributed by atoms with van der Waals surface area (Å²) in [6, 6.07) is 4.22. The van der Waals surface area contributed by atoms with Crippen molar-refractivity contribution < 1.29 is 0 Å². The molecule has 0 spiro atoms. The molecule has 1 saturated heterocycles. The molecule has 1 atom stereocenters. The maximum atomic E-state index is 9.11. The van der Waals surface area contributed by atoms with E-state index in [0.717, 1.165) is 25.3 Å². The number of likely N-dealkylation sites (N-methyl/N-ethyl adjacent to an activating group) is 1. The minimum Gasteiger partial charge on any atom is -0.362 e. The Bertz CT molecular complexity index is 425. The Hall–Kier alpha value is -1.64. The molecule has 1 unspecified atom stereocenters. The zero-order valence-corrected chi connectivity index (χ0v) is 10.0. The van der Waals surface area contributed by atoms with Crippen molar-refractivity contribution in [1.29, 1.82) is 5.26 Å². The number of aromatic nitrogens is 1. The SMILES string of the molecule is CN1CCN(c2cnccc2C#N)C(CN)C1. The van der Waals surface area contributed by atoms with Gasteiger partial charge in [0.05, 0.1) is 23.5 Å². The molecular formula is C12H17N5. The molecule has 0 amide bonds. The molecule has 0 bridgehead atoms. The van der Waals surface area contributed by atoms with Crippen LogP contribution in [0.4, 0.5) is 5.69 Å². The summed E-state index contributed by atoms with van der Waals surface area (Å²) in [5.41, 5.74) is 7.38. The summed E-state index contributed by atoms with van der Waals surface area (Å²) in [6.07, 6.45) is 3.40. The topological polar surface area (TPSA) is 69.2 Å². The molecule has 5 nitrogen and oxygen atoms in total. The molecule has 17 heavy (non-hydrogen) atoms. The number of nitriles is 1. The zero-order chi connectivity index (χ0) is 12.3. The van der Waals surface area contributed by atoms with Gasteiger partial charge < -0.3 is 15.5 Å². The standard InChI is InChI=1S/C12H17N5/c1-16-4-5-17(11(7-14)9-16)12-8-15-3-2-10(12)6-13/h2-3,8,11H,4-5,7,9,14H2,1H3. The van der Waals surface area contributed by atoms with E-state index in [0.29, 0.717) is 12.1 Å². The van der Waals surface area contributed by atoms with Gasteiger partial charge in [-0.15, -0.1) is 0 Å². The van der Waals surface area contributed by atoms with Gasteiger partial charge in [-0.05, 0) is 13.1 Å². The minimum atomic E-state index is 0.255. The summed E-state index contributed by atoms with van der Waals surface area (Å²) in [7, 11) is 2.09. The largest absolute Gasteiger partial charge is 0.362 e. The second-order valence-corrected chi connectivity index (χ2v) is 4.35. The molecular weight excluding hydrogens is 214 g/mol. The van der Waals surface area contributed by atoms with E-state index >= 15 is 0 Å². The number of nitrogens with zero attached hydrogens (tertiary/aromatic N) is 4. The first-order chi connectivity index (χ1) is 8.26. The Morgan fingerprint density at radius 3 is 3.12 bits per heavy atom. The number of pyridine rings is 1. The normalized spacial score (nSPS) is 21.2. The van der Waals surface area contributed by atoms with Crippen LogP contribution in [0, 0.1) is 11.3 Å². The van der Waals surface area contributed by atoms with Crippen molar-refractivity contribution in [3.8, 4) is 6.07 Å². The van der Waals surface area contributed by atoms with E-state index in [1.165, 1.54) is 0 Å². The molecule has 0 radical (unpaired) electrons. The van der Waals surface area contributed by atoms with Crippen LogP contribution in [0.5, 0.6) is 0 Å². The monoisotopic (exact) mass is 231 g/mol. The summed E-state index contributed by atoms with van der Waals surface area (Å²) < 4.78 is 0. The molecule has 1 aliphatic heterocycles. The summed E-state index contributed by atoms with van der Waals surface area (Å²) >= 11 is 0. The average Bonchev–Trinajstić information content (AvgIpc) is 2.38. The Morgan fingerprint density at radius 1 is 1.59 bits per heavy atom. The van der Waals surface area contributed by atoms with E-state index < -0.39 is 0 Å². The van der Waals surface area contributed by atoms with Crippen molar-refractivity contribution in [3.63, 3.8) is 0 Å². The van der Waals surface area contributed by atoms with E-state index in [4.69, 9.17) is 11.0 Å². The molecule has 2 rings (SSSR count). The van der Waals surface area contributed by atoms with Crippen LogP contribution in [0.2, 0.25) is 0 Å². The molecule has 5 heteroatoms. The Labute approximate surface area is 101 Å². The zero-order valence-electron chi connectivity index (χ0n) is 10.0. The van der Waals surface area contributed by atoms with Crippen molar-refractivity contribution in [3.05, 3.63) is 24.0 Å². The van der Waals surface area contributed by atoms with Crippen molar-refractivity contribution in [2.45, 2.75) is 6.04 Å². The van der Waals surface area contributed by atoms with Gasteiger partial charge in [0.2, 0.25) is 0 Å². The lowest BCUT2D eigenvalue weighted by Gasteiger charge is -2.41. The van der Waals surface area contributed by atoms with Gasteiger partial charge in [0.1, 0.15) is 6.07 Å². The van der Waals surface area contributed by atoms with Crippen molar-refractivity contribution >= 4 is 5.69 Å². The number of hydrogen-bond acceptors (Lipinski definition) is 5. The lowest BCUT2D eigenvalue weighted by Crippen LogP contribution is -2.55. The van der Waals surface area contributed by atoms with Gasteiger partial charge >= 0.3 is 0 Å². The third-order valence-corrected chi connectivity index (χ3v) is 3.19. The van der Waals surface area contributed by atoms with Crippen LogP contribution in [-0.4, -0.2) is 49.2 Å². The molecule has 1 aromatic heterocycles. The first kappa shape index (κ1) is 11.8. The summed E-state index contributed by atoms with van der Waals surface area (Å²) in [5.74, 6) is 0. The van der Waals surface area contributed by atoms with Crippen molar-refractivity contribution in [1.82, 2.24) is 9.88 Å². The second-order valence-electron chi connectivity index (χ2n) is 4.35. The molecule has 1 aromatic rings. The fourth-order valence-corrected chi connectivity index (χ4v) is 2.24. The van der Waals surface area contributed by atoms with Gasteiger partial charge in [-0.3, -0.25) is 4.98 Å². The van der Waals surface area contributed by atoms with Gasteiger partial charge in [-0.25, -0.2) is 0 Å². The maximum Gasteiger partial charge on any atom is 0.101 e. The number of rotatable bonds is 2. The van der Waals surface area contributed by atoms with Crippen LogP contribution in [0.3, 0.4) is 0 Å². The Kier molecular flexibility index (Phi) is 3.57. The minimum absolute atomic E-state index is 0.255. The Morgan fingerprint density at radius 2 is 2.41 bits per heavy atom. The average molecular weight is 231 g/mol. The van der Waals surface area contributed by atoms with Crippen LogP contribution in [0.25, 0.3) is 0 Å². The maximum absolute atomic E-state index is 9.11. The number of hydrogen-bond donors (Lipinski definition) is 1. The second kappa shape index (κ2) is 5.13. The van der Waals surface area contributed by atoms with Crippen LogP contribution in [0.15, 0.2) is 18.5 Å². The van der Waals surface area contributed by atoms with E-state index in [1.807, 2.05) is 0 Å². The predicted molar refractivity (Wildman–Crippen MR) is 66.6 cm³/mol. The number of anilines is 1. The van der Waals surface area contributed by atoms with Crippen molar-refractivity contribution in [2.24, 2.45) is 5.73 Å². The highest BCUT2D eigenvalue weighted by Gasteiger charge is 2.25. The van der Waals surface area contributed by atoms with Gasteiger partial charge in [-0.1, -0.05) is 0 Å². The van der Waals surface area contributed by atoms with Crippen LogP contribution in [0.1, 0.15) is 5.56 Å². The molecule has 2 heterocycles. The number of piperazine rings is 1. The predicted octanol–water partition coefficient (Wildman–Crippen LogP) is 0.0324. The van der Waals surface area contributed by atoms with Gasteiger partial charge in [0.15, 0.2) is 0 Å². The van der Waals surface area contributed by atoms with Crippen LogP contribution >= 0.6 is 0 Å². The highest BCUT2D eigenvalue weighted by molar-refractivity contribution is 5.58. The number of nitrogens with two attached hydrogens (primary N) is 1. The van der Waals surface area contributed by atoms with E-state index in [2.05, 4.69) is 27.9 Å². The van der Waals surface area contributed by atoms with Gasteiger partial charge in [0.25, 0.3) is 0 Å². The molecule has 1 fully saturated rings. The lowest BCUT2D eigenvalue weighted by atomic mass is 10.1. The molecule has 0 aromatic carbocycles.